The Bertz CT molecular complexity index is 780. The van der Waals surface area contributed by atoms with Gasteiger partial charge in [-0.2, -0.15) is 0 Å². The van der Waals surface area contributed by atoms with E-state index in [9.17, 15) is 4.79 Å². The van der Waals surface area contributed by atoms with Crippen LogP contribution in [0.4, 0.5) is 5.69 Å². The molecule has 106 valence electrons. The summed E-state index contributed by atoms with van der Waals surface area (Å²) >= 11 is 1.45. The van der Waals surface area contributed by atoms with Crippen molar-refractivity contribution < 1.29 is 4.79 Å². The van der Waals surface area contributed by atoms with Crippen LogP contribution in [0.2, 0.25) is 0 Å². The van der Waals surface area contributed by atoms with Gasteiger partial charge in [0.25, 0.3) is 5.91 Å². The summed E-state index contributed by atoms with van der Waals surface area (Å²) in [5.74, 6) is -0.214. The minimum atomic E-state index is -0.214. The molecule has 2 heterocycles. The lowest BCUT2D eigenvalue weighted by molar-refractivity contribution is 0.102. The van der Waals surface area contributed by atoms with Crippen LogP contribution in [-0.4, -0.2) is 31.1 Å². The summed E-state index contributed by atoms with van der Waals surface area (Å²) in [7, 11) is 0. The first-order valence-electron chi connectivity index (χ1n) is 6.21. The molecule has 0 aliphatic carbocycles. The molecule has 3 aromatic rings. The van der Waals surface area contributed by atoms with Gasteiger partial charge in [0.2, 0.25) is 0 Å². The van der Waals surface area contributed by atoms with Crippen LogP contribution in [0.3, 0.4) is 0 Å². The molecule has 3 rings (SSSR count). The summed E-state index contributed by atoms with van der Waals surface area (Å²) < 4.78 is 1.57. The summed E-state index contributed by atoms with van der Waals surface area (Å²) in [6.07, 6.45) is 1.53. The molecule has 0 spiro atoms. The zero-order valence-corrected chi connectivity index (χ0v) is 12.3. The Morgan fingerprint density at radius 2 is 2.19 bits per heavy atom. The Balaban J connectivity index is 1.81. The Hall–Kier alpha value is -2.61. The third-order valence-corrected chi connectivity index (χ3v) is 3.68. The third kappa shape index (κ3) is 2.79. The number of hydrogen-bond donors (Lipinski definition) is 1. The molecule has 1 N–H and O–H groups in total. The molecule has 0 fully saturated rings. The van der Waals surface area contributed by atoms with Gasteiger partial charge in [-0.3, -0.25) is 4.79 Å². The molecule has 0 radical (unpaired) electrons. The van der Waals surface area contributed by atoms with Gasteiger partial charge in [-0.1, -0.05) is 0 Å². The van der Waals surface area contributed by atoms with E-state index in [0.717, 1.165) is 16.3 Å². The van der Waals surface area contributed by atoms with Gasteiger partial charge in [0.05, 0.1) is 10.7 Å². The molecule has 0 saturated heterocycles. The maximum Gasteiger partial charge on any atom is 0.275 e. The lowest BCUT2D eigenvalue weighted by atomic mass is 10.2. The first kappa shape index (κ1) is 13.4. The van der Waals surface area contributed by atoms with Gasteiger partial charge in [0, 0.05) is 11.1 Å². The van der Waals surface area contributed by atoms with Crippen molar-refractivity contribution in [1.29, 1.82) is 0 Å². The molecule has 1 aromatic carbocycles. The highest BCUT2D eigenvalue weighted by molar-refractivity contribution is 7.09. The maximum absolute atomic E-state index is 12.0. The molecule has 0 aliphatic rings. The number of carbonyl (C=O) groups is 1. The number of hydrogen-bond acceptors (Lipinski definition) is 6. The second kappa shape index (κ2) is 5.41. The number of amides is 1. The van der Waals surface area contributed by atoms with E-state index in [4.69, 9.17) is 0 Å². The fourth-order valence-corrected chi connectivity index (χ4v) is 2.52. The largest absolute Gasteiger partial charge is 0.321 e. The molecular weight excluding hydrogens is 288 g/mol. The summed E-state index contributed by atoms with van der Waals surface area (Å²) in [6.45, 7) is 3.80. The Morgan fingerprint density at radius 1 is 1.33 bits per heavy atom. The van der Waals surface area contributed by atoms with Crippen molar-refractivity contribution in [2.75, 3.05) is 5.32 Å². The number of aromatic nitrogens is 5. The van der Waals surface area contributed by atoms with Crippen LogP contribution in [0.15, 0.2) is 29.9 Å². The van der Waals surface area contributed by atoms with Crippen LogP contribution in [-0.2, 0) is 0 Å². The van der Waals surface area contributed by atoms with E-state index in [2.05, 4.69) is 25.8 Å². The number of tetrazole rings is 1. The highest BCUT2D eigenvalue weighted by Gasteiger charge is 2.10. The number of anilines is 1. The number of nitrogens with one attached hydrogen (secondary N) is 1. The van der Waals surface area contributed by atoms with Gasteiger partial charge in [0.1, 0.15) is 12.0 Å². The average molecular weight is 300 g/mol. The molecule has 7 nitrogen and oxygen atoms in total. The number of benzene rings is 1. The zero-order chi connectivity index (χ0) is 14.8. The normalized spacial score (nSPS) is 10.6. The molecule has 1 amide bonds. The monoisotopic (exact) mass is 300 g/mol. The van der Waals surface area contributed by atoms with E-state index >= 15 is 0 Å². The number of thiazole rings is 1. The maximum atomic E-state index is 12.0. The summed E-state index contributed by atoms with van der Waals surface area (Å²) in [4.78, 5) is 16.2. The molecule has 8 heteroatoms. The van der Waals surface area contributed by atoms with E-state index < -0.39 is 0 Å². The molecule has 0 aliphatic heterocycles. The SMILES string of the molecule is Cc1nc(C(=O)Nc2ccc(-n3cnnn3)c(C)c2)cs1. The van der Waals surface area contributed by atoms with E-state index in [1.807, 2.05) is 26.0 Å². The van der Waals surface area contributed by atoms with Crippen LogP contribution in [0, 0.1) is 13.8 Å². The summed E-state index contributed by atoms with van der Waals surface area (Å²) in [5.41, 5.74) is 2.96. The summed E-state index contributed by atoms with van der Waals surface area (Å²) in [6, 6.07) is 5.53. The molecule has 0 saturated carbocycles. The minimum Gasteiger partial charge on any atom is -0.321 e. The molecule has 2 aromatic heterocycles. The van der Waals surface area contributed by atoms with Crippen LogP contribution >= 0.6 is 11.3 Å². The van der Waals surface area contributed by atoms with Crippen LogP contribution in [0.1, 0.15) is 21.1 Å². The Labute approximate surface area is 124 Å². The van der Waals surface area contributed by atoms with E-state index in [0.29, 0.717) is 11.4 Å². The summed E-state index contributed by atoms with van der Waals surface area (Å²) in [5, 5.41) is 16.5. The number of carbonyl (C=O) groups excluding carboxylic acids is 1. The van der Waals surface area contributed by atoms with Crippen molar-refractivity contribution in [1.82, 2.24) is 25.2 Å². The van der Waals surface area contributed by atoms with E-state index in [1.165, 1.54) is 17.7 Å². The van der Waals surface area contributed by atoms with Gasteiger partial charge >= 0.3 is 0 Å². The standard InChI is InChI=1S/C13H12N6OS/c1-8-5-10(3-4-12(8)19-7-14-17-18-19)16-13(20)11-6-21-9(2)15-11/h3-7H,1-2H3,(H,16,20). The minimum absolute atomic E-state index is 0.214. The molecular formula is C13H12N6OS. The Kier molecular flexibility index (Phi) is 3.44. The molecule has 0 unspecified atom stereocenters. The fourth-order valence-electron chi connectivity index (χ4n) is 1.92. The lowest BCUT2D eigenvalue weighted by Gasteiger charge is -2.08. The van der Waals surface area contributed by atoms with Crippen LogP contribution < -0.4 is 5.32 Å². The highest BCUT2D eigenvalue weighted by Crippen LogP contribution is 2.19. The van der Waals surface area contributed by atoms with Gasteiger partial charge < -0.3 is 5.32 Å². The first-order valence-corrected chi connectivity index (χ1v) is 7.09. The van der Waals surface area contributed by atoms with Gasteiger partial charge in [-0.15, -0.1) is 16.4 Å². The van der Waals surface area contributed by atoms with Crippen molar-refractivity contribution in [2.24, 2.45) is 0 Å². The van der Waals surface area contributed by atoms with Crippen molar-refractivity contribution >= 4 is 22.9 Å². The molecule has 21 heavy (non-hydrogen) atoms. The van der Waals surface area contributed by atoms with Gasteiger partial charge in [-0.05, 0) is 48.0 Å². The highest BCUT2D eigenvalue weighted by atomic mass is 32.1. The van der Waals surface area contributed by atoms with Crippen LogP contribution in [0.5, 0.6) is 0 Å². The van der Waals surface area contributed by atoms with E-state index in [-0.39, 0.29) is 5.91 Å². The predicted molar refractivity (Wildman–Crippen MR) is 78.7 cm³/mol. The second-order valence-corrected chi connectivity index (χ2v) is 5.52. The van der Waals surface area contributed by atoms with E-state index in [1.54, 1.807) is 16.1 Å². The second-order valence-electron chi connectivity index (χ2n) is 4.46. The smallest absolute Gasteiger partial charge is 0.275 e. The van der Waals surface area contributed by atoms with Crippen molar-refractivity contribution in [2.45, 2.75) is 13.8 Å². The molecule has 0 bridgehead atoms. The number of aryl methyl sites for hydroxylation is 2. The first-order chi connectivity index (χ1) is 10.1. The van der Waals surface area contributed by atoms with Gasteiger partial charge in [-0.25, -0.2) is 9.67 Å². The zero-order valence-electron chi connectivity index (χ0n) is 11.4. The number of nitrogens with zero attached hydrogens (tertiary/aromatic N) is 5. The molecule has 0 atom stereocenters. The third-order valence-electron chi connectivity index (χ3n) is 2.90. The van der Waals surface area contributed by atoms with Gasteiger partial charge in [0.15, 0.2) is 0 Å². The number of rotatable bonds is 3. The van der Waals surface area contributed by atoms with Crippen molar-refractivity contribution in [3.63, 3.8) is 0 Å². The van der Waals surface area contributed by atoms with Crippen molar-refractivity contribution in [3.05, 3.63) is 46.2 Å². The quantitative estimate of drug-likeness (QED) is 0.799. The Morgan fingerprint density at radius 3 is 2.81 bits per heavy atom. The van der Waals surface area contributed by atoms with Crippen molar-refractivity contribution in [3.8, 4) is 5.69 Å². The van der Waals surface area contributed by atoms with Crippen LogP contribution in [0.25, 0.3) is 5.69 Å². The lowest BCUT2D eigenvalue weighted by Crippen LogP contribution is -2.12. The predicted octanol–water partition coefficient (Wildman–Crippen LogP) is 1.99. The average Bonchev–Trinajstić information content (AvgIpc) is 3.10. The topological polar surface area (TPSA) is 85.6 Å². The fraction of sp³-hybridized carbons (Fsp3) is 0.154.